The standard InChI is InChI=1S/C35H32F3N5O4/c1-2-22-24(37)6-5-19-13-21(44)14-23(26(19)22)29-28(38)30-27-31(41-33(40-30)46-18-34-7-4-10-42(34)16-20(36)15-34)43-11-12-45-17-25(43)35(8-3-9-35)47-32(27)39-29/h1,5-6,13-14,20,25,44H,3-4,7-12,15-18H2/t20-,25+,34+/m1/s1. The molecule has 0 bridgehead atoms. The van der Waals surface area contributed by atoms with Crippen molar-refractivity contribution < 1.29 is 32.5 Å². The number of aromatic nitrogens is 3. The first-order valence-corrected chi connectivity index (χ1v) is 16.2. The molecule has 6 heterocycles. The number of halogens is 3. The second-order valence-electron chi connectivity index (χ2n) is 13.5. The molecule has 9 nitrogen and oxygen atoms in total. The third-order valence-corrected chi connectivity index (χ3v) is 10.9. The van der Waals surface area contributed by atoms with Gasteiger partial charge in [0.15, 0.2) is 5.82 Å². The van der Waals surface area contributed by atoms with Gasteiger partial charge in [0.1, 0.15) is 52.4 Å². The van der Waals surface area contributed by atoms with Gasteiger partial charge in [0.2, 0.25) is 5.88 Å². The highest BCUT2D eigenvalue weighted by molar-refractivity contribution is 6.04. The maximum absolute atomic E-state index is 17.1. The molecule has 47 heavy (non-hydrogen) atoms. The average molecular weight is 644 g/mol. The summed E-state index contributed by atoms with van der Waals surface area (Å²) < 4.78 is 65.6. The number of terminal acetylenes is 1. The van der Waals surface area contributed by atoms with E-state index < -0.39 is 28.9 Å². The lowest BCUT2D eigenvalue weighted by atomic mass is 9.73. The zero-order valence-corrected chi connectivity index (χ0v) is 25.6. The Morgan fingerprint density at radius 3 is 2.77 bits per heavy atom. The molecule has 1 spiro atoms. The van der Waals surface area contributed by atoms with Crippen molar-refractivity contribution in [3.8, 4) is 41.2 Å². The smallest absolute Gasteiger partial charge is 0.319 e. The van der Waals surface area contributed by atoms with E-state index >= 15 is 8.78 Å². The number of hydrogen-bond acceptors (Lipinski definition) is 9. The van der Waals surface area contributed by atoms with Crippen molar-refractivity contribution in [2.75, 3.05) is 44.4 Å². The molecule has 242 valence electrons. The van der Waals surface area contributed by atoms with Gasteiger partial charge >= 0.3 is 6.01 Å². The molecule has 4 aliphatic heterocycles. The van der Waals surface area contributed by atoms with Crippen molar-refractivity contribution in [1.29, 1.82) is 0 Å². The molecule has 0 unspecified atom stereocenters. The average Bonchev–Trinajstić information content (AvgIpc) is 3.53. The van der Waals surface area contributed by atoms with Crippen LogP contribution < -0.4 is 14.4 Å². The largest absolute Gasteiger partial charge is 0.508 e. The highest BCUT2D eigenvalue weighted by Gasteiger charge is 2.54. The maximum atomic E-state index is 17.1. The lowest BCUT2D eigenvalue weighted by Gasteiger charge is -2.51. The Morgan fingerprint density at radius 1 is 1.09 bits per heavy atom. The fourth-order valence-corrected chi connectivity index (χ4v) is 8.54. The molecule has 1 saturated carbocycles. The number of hydrogen-bond donors (Lipinski definition) is 1. The number of ether oxygens (including phenoxy) is 3. The van der Waals surface area contributed by atoms with Gasteiger partial charge in [-0.3, -0.25) is 4.90 Å². The van der Waals surface area contributed by atoms with Crippen LogP contribution in [-0.4, -0.2) is 87.8 Å². The van der Waals surface area contributed by atoms with Gasteiger partial charge in [0.05, 0.1) is 30.4 Å². The summed E-state index contributed by atoms with van der Waals surface area (Å²) in [7, 11) is 0. The number of aromatic hydroxyl groups is 1. The van der Waals surface area contributed by atoms with Crippen LogP contribution >= 0.6 is 0 Å². The van der Waals surface area contributed by atoms with Gasteiger partial charge in [-0.15, -0.1) is 6.42 Å². The molecule has 9 rings (SSSR count). The lowest BCUT2D eigenvalue weighted by Crippen LogP contribution is -2.64. The number of pyridine rings is 1. The van der Waals surface area contributed by atoms with Crippen LogP contribution in [0.2, 0.25) is 0 Å². The third-order valence-electron chi connectivity index (χ3n) is 10.9. The van der Waals surface area contributed by atoms with E-state index in [9.17, 15) is 9.50 Å². The summed E-state index contributed by atoms with van der Waals surface area (Å²) in [5.41, 5.74) is -1.38. The van der Waals surface area contributed by atoms with Crippen LogP contribution in [0.15, 0.2) is 24.3 Å². The summed E-state index contributed by atoms with van der Waals surface area (Å²) in [6, 6.07) is 5.19. The molecule has 1 aliphatic carbocycles. The van der Waals surface area contributed by atoms with Crippen LogP contribution in [0.3, 0.4) is 0 Å². The van der Waals surface area contributed by atoms with Crippen LogP contribution in [-0.2, 0) is 4.74 Å². The number of benzene rings is 2. The molecule has 1 N–H and O–H groups in total. The van der Waals surface area contributed by atoms with Gasteiger partial charge in [-0.2, -0.15) is 9.97 Å². The Kier molecular flexibility index (Phi) is 6.34. The van der Waals surface area contributed by atoms with Crippen molar-refractivity contribution in [3.63, 3.8) is 0 Å². The Balaban J connectivity index is 1.27. The third kappa shape index (κ3) is 4.22. The number of phenols is 1. The van der Waals surface area contributed by atoms with Crippen LogP contribution in [0.1, 0.15) is 44.1 Å². The predicted octanol–water partition coefficient (Wildman–Crippen LogP) is 5.29. The molecule has 2 aromatic carbocycles. The van der Waals surface area contributed by atoms with E-state index in [0.717, 1.165) is 38.6 Å². The number of anilines is 1. The number of phenolic OH excluding ortho intramolecular Hbond substituents is 1. The van der Waals surface area contributed by atoms with E-state index in [1.54, 1.807) is 0 Å². The SMILES string of the molecule is C#Cc1c(F)ccc2cc(O)cc(-c3nc4c5c(nc(OC[C@@]67CCCN6C[C@H](F)C7)nc5c3F)N3CCOC[C@H]3C3(CCC3)O4)c12. The van der Waals surface area contributed by atoms with Gasteiger partial charge in [-0.1, -0.05) is 12.0 Å². The van der Waals surface area contributed by atoms with Gasteiger partial charge in [0.25, 0.3) is 0 Å². The summed E-state index contributed by atoms with van der Waals surface area (Å²) >= 11 is 0. The predicted molar refractivity (Wildman–Crippen MR) is 167 cm³/mol. The minimum Gasteiger partial charge on any atom is -0.508 e. The van der Waals surface area contributed by atoms with Crippen LogP contribution in [0, 0.1) is 24.0 Å². The van der Waals surface area contributed by atoms with Gasteiger partial charge in [-0.05, 0) is 62.2 Å². The molecule has 0 amide bonds. The van der Waals surface area contributed by atoms with E-state index in [0.29, 0.717) is 49.3 Å². The van der Waals surface area contributed by atoms with Crippen molar-refractivity contribution in [2.45, 2.75) is 61.9 Å². The molecule has 5 aliphatic rings. The van der Waals surface area contributed by atoms with Crippen molar-refractivity contribution in [2.24, 2.45) is 0 Å². The van der Waals surface area contributed by atoms with Crippen molar-refractivity contribution in [3.05, 3.63) is 41.5 Å². The van der Waals surface area contributed by atoms with Crippen molar-refractivity contribution in [1.82, 2.24) is 19.9 Å². The van der Waals surface area contributed by atoms with E-state index in [-0.39, 0.29) is 58.0 Å². The lowest BCUT2D eigenvalue weighted by molar-refractivity contribution is -0.0672. The number of morpholine rings is 1. The molecule has 4 aromatic rings. The van der Waals surface area contributed by atoms with Crippen LogP contribution in [0.5, 0.6) is 17.6 Å². The second kappa shape index (κ2) is 10.3. The highest BCUT2D eigenvalue weighted by atomic mass is 19.1. The summed E-state index contributed by atoms with van der Waals surface area (Å²) in [5.74, 6) is 1.31. The quantitative estimate of drug-likeness (QED) is 0.298. The van der Waals surface area contributed by atoms with Crippen LogP contribution in [0.4, 0.5) is 19.0 Å². The first kappa shape index (κ1) is 28.8. The van der Waals surface area contributed by atoms with Gasteiger partial charge < -0.3 is 24.2 Å². The Hall–Kier alpha value is -4.34. The molecular weight excluding hydrogens is 611 g/mol. The molecule has 2 aromatic heterocycles. The summed E-state index contributed by atoms with van der Waals surface area (Å²) in [5, 5.41) is 11.6. The zero-order chi connectivity index (χ0) is 32.1. The normalized spacial score (nSPS) is 26.0. The Morgan fingerprint density at radius 2 is 1.96 bits per heavy atom. The van der Waals surface area contributed by atoms with Gasteiger partial charge in [0, 0.05) is 30.5 Å². The topological polar surface area (TPSA) is 93.1 Å². The van der Waals surface area contributed by atoms with E-state index in [1.807, 2.05) is 0 Å². The number of rotatable bonds is 4. The van der Waals surface area contributed by atoms with Crippen LogP contribution in [0.25, 0.3) is 32.9 Å². The van der Waals surface area contributed by atoms with Crippen molar-refractivity contribution >= 4 is 27.5 Å². The fourth-order valence-electron chi connectivity index (χ4n) is 8.54. The monoisotopic (exact) mass is 643 g/mol. The molecule has 4 fully saturated rings. The second-order valence-corrected chi connectivity index (χ2v) is 13.5. The maximum Gasteiger partial charge on any atom is 0.319 e. The first-order chi connectivity index (χ1) is 22.8. The molecular formula is C35H32F3N5O4. The minimum atomic E-state index is -0.936. The van der Waals surface area contributed by atoms with E-state index in [2.05, 4.69) is 20.7 Å². The first-order valence-electron chi connectivity index (χ1n) is 16.2. The van der Waals surface area contributed by atoms with E-state index in [1.165, 1.54) is 24.3 Å². The fraction of sp³-hybridized carbons (Fsp3) is 0.457. The zero-order valence-electron chi connectivity index (χ0n) is 25.6. The number of nitrogens with zero attached hydrogens (tertiary/aromatic N) is 5. The highest BCUT2D eigenvalue weighted by Crippen LogP contribution is 2.51. The molecule has 3 saturated heterocycles. The number of fused-ring (bicyclic) bond motifs is 5. The summed E-state index contributed by atoms with van der Waals surface area (Å²) in [4.78, 5) is 18.5. The van der Waals surface area contributed by atoms with Gasteiger partial charge in [-0.25, -0.2) is 18.2 Å². The number of alkyl halides is 1. The molecule has 0 radical (unpaired) electrons. The summed E-state index contributed by atoms with van der Waals surface area (Å²) in [6.07, 6.45) is 9.32. The molecule has 3 atom stereocenters. The minimum absolute atomic E-state index is 0.0380. The van der Waals surface area contributed by atoms with E-state index in [4.69, 9.17) is 30.6 Å². The molecule has 12 heteroatoms. The Labute approximate surface area is 268 Å². The summed E-state index contributed by atoms with van der Waals surface area (Å²) in [6.45, 7) is 2.67. The Bertz CT molecular complexity index is 2020.